The monoisotopic (exact) mass is 496 g/mol. The van der Waals surface area contributed by atoms with Gasteiger partial charge in [-0.3, -0.25) is 4.31 Å². The number of anilines is 1. The molecule has 2 aromatic heterocycles. The summed E-state index contributed by atoms with van der Waals surface area (Å²) in [5.41, 5.74) is 2.06. The molecule has 10 heteroatoms. The molecule has 2 aromatic carbocycles. The predicted molar refractivity (Wildman–Crippen MR) is 127 cm³/mol. The van der Waals surface area contributed by atoms with E-state index in [9.17, 15) is 13.2 Å². The number of hydrogen-bond donors (Lipinski definition) is 0. The van der Waals surface area contributed by atoms with Crippen molar-refractivity contribution in [3.05, 3.63) is 83.1 Å². The van der Waals surface area contributed by atoms with E-state index in [2.05, 4.69) is 4.98 Å². The Morgan fingerprint density at radius 1 is 1.18 bits per heavy atom. The number of carbonyl (C=O) groups is 1. The molecule has 34 heavy (non-hydrogen) atoms. The lowest BCUT2D eigenvalue weighted by Crippen LogP contribution is -2.29. The highest BCUT2D eigenvalue weighted by Crippen LogP contribution is 2.34. The van der Waals surface area contributed by atoms with E-state index < -0.39 is 16.0 Å². The summed E-state index contributed by atoms with van der Waals surface area (Å²) in [5, 5.41) is 1.91. The van der Waals surface area contributed by atoms with E-state index in [1.54, 1.807) is 12.1 Å². The van der Waals surface area contributed by atoms with Gasteiger partial charge in [0.1, 0.15) is 29.9 Å². The highest BCUT2D eigenvalue weighted by Gasteiger charge is 2.31. The Labute approximate surface area is 200 Å². The molecule has 3 heterocycles. The minimum Gasteiger partial charge on any atom is -0.496 e. The van der Waals surface area contributed by atoms with Crippen molar-refractivity contribution in [2.45, 2.75) is 17.9 Å². The lowest BCUT2D eigenvalue weighted by Gasteiger charge is -2.20. The largest absolute Gasteiger partial charge is 0.496 e. The topological polar surface area (TPSA) is 98.9 Å². The minimum atomic E-state index is -3.88. The van der Waals surface area contributed by atoms with Gasteiger partial charge in [-0.15, -0.1) is 11.3 Å². The van der Waals surface area contributed by atoms with E-state index in [0.29, 0.717) is 30.2 Å². The first-order valence-corrected chi connectivity index (χ1v) is 12.7. The van der Waals surface area contributed by atoms with E-state index in [-0.39, 0.29) is 22.8 Å². The number of oxazole rings is 1. The van der Waals surface area contributed by atoms with Crippen molar-refractivity contribution in [2.75, 3.05) is 18.0 Å². The smallest absolute Gasteiger partial charge is 0.342 e. The molecule has 174 valence electrons. The van der Waals surface area contributed by atoms with Gasteiger partial charge in [-0.25, -0.2) is 18.2 Å². The molecule has 0 amide bonds. The molecular formula is C24H20N2O6S2. The van der Waals surface area contributed by atoms with Crippen molar-refractivity contribution in [3.63, 3.8) is 0 Å². The zero-order valence-electron chi connectivity index (χ0n) is 18.1. The third-order valence-corrected chi connectivity index (χ3v) is 8.13. The Morgan fingerprint density at radius 2 is 2.03 bits per heavy atom. The Kier molecular flexibility index (Phi) is 5.84. The Morgan fingerprint density at radius 3 is 2.82 bits per heavy atom. The van der Waals surface area contributed by atoms with Crippen LogP contribution in [0.4, 0.5) is 5.69 Å². The summed E-state index contributed by atoms with van der Waals surface area (Å²) in [4.78, 5) is 18.0. The van der Waals surface area contributed by atoms with Crippen LogP contribution in [0.5, 0.6) is 5.75 Å². The van der Waals surface area contributed by atoms with Gasteiger partial charge in [-0.05, 0) is 47.7 Å². The van der Waals surface area contributed by atoms with Crippen LogP contribution in [0.1, 0.15) is 21.6 Å². The molecule has 0 radical (unpaired) electrons. The van der Waals surface area contributed by atoms with Gasteiger partial charge in [0.15, 0.2) is 0 Å². The van der Waals surface area contributed by atoms with Crippen LogP contribution in [0.3, 0.4) is 0 Å². The van der Waals surface area contributed by atoms with Crippen LogP contribution in [-0.2, 0) is 27.8 Å². The molecule has 8 nitrogen and oxygen atoms in total. The Hall–Kier alpha value is -3.63. The number of sulfonamides is 1. The van der Waals surface area contributed by atoms with Gasteiger partial charge < -0.3 is 13.9 Å². The molecule has 0 saturated heterocycles. The molecule has 5 rings (SSSR count). The zero-order chi connectivity index (χ0) is 23.7. The van der Waals surface area contributed by atoms with Gasteiger partial charge >= 0.3 is 5.97 Å². The van der Waals surface area contributed by atoms with Gasteiger partial charge in [-0.2, -0.15) is 0 Å². The molecule has 4 aromatic rings. The highest BCUT2D eigenvalue weighted by atomic mass is 32.2. The average Bonchev–Trinajstić information content (AvgIpc) is 3.62. The second kappa shape index (κ2) is 8.96. The van der Waals surface area contributed by atoms with Gasteiger partial charge in [0.25, 0.3) is 10.0 Å². The van der Waals surface area contributed by atoms with Crippen molar-refractivity contribution in [2.24, 2.45) is 0 Å². The highest BCUT2D eigenvalue weighted by molar-refractivity contribution is 7.92. The number of rotatable bonds is 7. The number of hydrogen-bond acceptors (Lipinski definition) is 8. The van der Waals surface area contributed by atoms with Gasteiger partial charge in [0.2, 0.25) is 5.89 Å². The Bertz CT molecular complexity index is 1440. The normalized spacial score (nSPS) is 13.0. The minimum absolute atomic E-state index is 0.0121. The third kappa shape index (κ3) is 4.06. The second-order valence-corrected chi connectivity index (χ2v) is 10.3. The maximum absolute atomic E-state index is 13.4. The lowest BCUT2D eigenvalue weighted by molar-refractivity contribution is 0.0464. The maximum Gasteiger partial charge on any atom is 0.342 e. The standard InChI is InChI=1S/C24H20N2O6S2/c1-30-21-9-8-18(34(28,29)26-11-10-16-5-2-3-6-20(16)26)13-19(21)24(27)32-15-17-14-31-23(25-17)22-7-4-12-33-22/h2-9,12-14H,10-11,15H2,1H3. The van der Waals surface area contributed by atoms with Crippen LogP contribution in [0.15, 0.2) is 75.6 Å². The molecule has 0 atom stereocenters. The first-order valence-electron chi connectivity index (χ1n) is 10.4. The number of aromatic nitrogens is 1. The number of nitrogens with zero attached hydrogens (tertiary/aromatic N) is 2. The molecule has 0 saturated carbocycles. The molecule has 0 N–H and O–H groups in total. The number of carbonyl (C=O) groups excluding carboxylic acids is 1. The van der Waals surface area contributed by atoms with E-state index in [4.69, 9.17) is 13.9 Å². The molecule has 0 unspecified atom stereocenters. The number of para-hydroxylation sites is 1. The third-order valence-electron chi connectivity index (χ3n) is 5.46. The average molecular weight is 497 g/mol. The van der Waals surface area contributed by atoms with Crippen molar-refractivity contribution >= 4 is 33.0 Å². The van der Waals surface area contributed by atoms with Crippen LogP contribution < -0.4 is 9.04 Å². The molecule has 0 aliphatic carbocycles. The maximum atomic E-state index is 13.4. The van der Waals surface area contributed by atoms with Gasteiger partial charge in [0, 0.05) is 6.54 Å². The van der Waals surface area contributed by atoms with Crippen molar-refractivity contribution in [1.82, 2.24) is 4.98 Å². The fourth-order valence-corrected chi connectivity index (χ4v) is 5.98. The van der Waals surface area contributed by atoms with E-state index in [1.807, 2.05) is 29.6 Å². The van der Waals surface area contributed by atoms with Gasteiger partial charge in [0.05, 0.1) is 22.6 Å². The van der Waals surface area contributed by atoms with E-state index in [0.717, 1.165) is 10.4 Å². The van der Waals surface area contributed by atoms with Crippen LogP contribution in [0.2, 0.25) is 0 Å². The fraction of sp³-hybridized carbons (Fsp3) is 0.167. The molecule has 0 spiro atoms. The number of benzene rings is 2. The number of esters is 1. The van der Waals surface area contributed by atoms with Crippen LogP contribution in [0.25, 0.3) is 10.8 Å². The first-order chi connectivity index (χ1) is 16.5. The lowest BCUT2D eigenvalue weighted by atomic mass is 10.2. The first kappa shape index (κ1) is 22.2. The summed E-state index contributed by atoms with van der Waals surface area (Å²) in [6, 6.07) is 15.3. The predicted octanol–water partition coefficient (Wildman–Crippen LogP) is 4.52. The van der Waals surface area contributed by atoms with E-state index in [1.165, 1.54) is 47.2 Å². The fourth-order valence-electron chi connectivity index (χ4n) is 3.80. The summed E-state index contributed by atoms with van der Waals surface area (Å²) in [6.07, 6.45) is 2.05. The van der Waals surface area contributed by atoms with E-state index >= 15 is 0 Å². The second-order valence-electron chi connectivity index (χ2n) is 7.52. The molecule has 1 aliphatic rings. The number of thiophene rings is 1. The summed E-state index contributed by atoms with van der Waals surface area (Å²) >= 11 is 1.48. The van der Waals surface area contributed by atoms with Crippen LogP contribution in [-0.4, -0.2) is 33.0 Å². The molecule has 0 bridgehead atoms. The molecule has 0 fully saturated rings. The molecular weight excluding hydrogens is 476 g/mol. The number of ether oxygens (including phenoxy) is 2. The molecule has 1 aliphatic heterocycles. The quantitative estimate of drug-likeness (QED) is 0.347. The SMILES string of the molecule is COc1ccc(S(=O)(=O)N2CCc3ccccc32)cc1C(=O)OCc1coc(-c2cccs2)n1. The Balaban J connectivity index is 1.37. The zero-order valence-corrected chi connectivity index (χ0v) is 19.8. The summed E-state index contributed by atoms with van der Waals surface area (Å²) in [5.74, 6) is -0.0702. The summed E-state index contributed by atoms with van der Waals surface area (Å²) < 4.78 is 44.2. The number of fused-ring (bicyclic) bond motifs is 1. The van der Waals surface area contributed by atoms with Crippen molar-refractivity contribution in [1.29, 1.82) is 0 Å². The summed E-state index contributed by atoms with van der Waals surface area (Å²) in [6.45, 7) is 0.208. The van der Waals surface area contributed by atoms with Crippen LogP contribution in [0, 0.1) is 0 Å². The summed E-state index contributed by atoms with van der Waals surface area (Å²) in [7, 11) is -2.47. The van der Waals surface area contributed by atoms with Gasteiger partial charge in [-0.1, -0.05) is 24.3 Å². The van der Waals surface area contributed by atoms with Crippen molar-refractivity contribution < 1.29 is 27.1 Å². The number of methoxy groups -OCH3 is 1. The van der Waals surface area contributed by atoms with Crippen molar-refractivity contribution in [3.8, 4) is 16.5 Å². The van der Waals surface area contributed by atoms with Crippen LogP contribution >= 0.6 is 11.3 Å².